The summed E-state index contributed by atoms with van der Waals surface area (Å²) in [4.78, 5) is 5.55. The van der Waals surface area contributed by atoms with E-state index in [1.54, 1.807) is 11.3 Å². The van der Waals surface area contributed by atoms with Crippen molar-refractivity contribution in [3.8, 4) is 10.4 Å². The second kappa shape index (κ2) is 4.94. The number of hydrogen-bond acceptors (Lipinski definition) is 3. The Kier molecular flexibility index (Phi) is 3.35. The highest BCUT2D eigenvalue weighted by Crippen LogP contribution is 2.28. The largest absolute Gasteiger partial charge is 0.362 e. The van der Waals surface area contributed by atoms with Gasteiger partial charge in [-0.05, 0) is 12.0 Å². The van der Waals surface area contributed by atoms with E-state index in [0.717, 1.165) is 18.1 Å². The van der Waals surface area contributed by atoms with Crippen molar-refractivity contribution < 1.29 is 0 Å². The smallest absolute Gasteiger partial charge is 0.183 e. The van der Waals surface area contributed by atoms with Gasteiger partial charge in [0.2, 0.25) is 0 Å². The van der Waals surface area contributed by atoms with Crippen LogP contribution in [0.25, 0.3) is 10.4 Å². The van der Waals surface area contributed by atoms with E-state index in [1.165, 1.54) is 10.4 Å². The van der Waals surface area contributed by atoms with E-state index in [-0.39, 0.29) is 0 Å². The van der Waals surface area contributed by atoms with Gasteiger partial charge in [0.05, 0.1) is 4.88 Å². The molecule has 0 unspecified atom stereocenters. The molecule has 0 spiro atoms. The van der Waals surface area contributed by atoms with Crippen molar-refractivity contribution in [3.05, 3.63) is 36.5 Å². The fourth-order valence-electron chi connectivity index (χ4n) is 1.32. The number of nitrogens with one attached hydrogen (secondary N) is 1. The minimum absolute atomic E-state index is 0.988. The average Bonchev–Trinajstić information content (AvgIpc) is 2.76. The third-order valence-electron chi connectivity index (χ3n) is 2.09. The second-order valence-corrected chi connectivity index (χ2v) is 4.35. The number of hydrogen-bond donors (Lipinski definition) is 1. The van der Waals surface area contributed by atoms with E-state index >= 15 is 0 Å². The minimum atomic E-state index is 0.988. The summed E-state index contributed by atoms with van der Waals surface area (Å²) in [6.07, 6.45) is 3.05. The van der Waals surface area contributed by atoms with Gasteiger partial charge in [-0.1, -0.05) is 48.6 Å². The van der Waals surface area contributed by atoms with Crippen LogP contribution in [0.5, 0.6) is 0 Å². The van der Waals surface area contributed by atoms with Crippen molar-refractivity contribution in [2.24, 2.45) is 0 Å². The molecule has 0 bridgehead atoms. The summed E-state index contributed by atoms with van der Waals surface area (Å²) in [5.41, 5.74) is 1.24. The van der Waals surface area contributed by atoms with Gasteiger partial charge in [-0.25, -0.2) is 4.98 Å². The summed E-state index contributed by atoms with van der Waals surface area (Å²) in [6, 6.07) is 10.3. The van der Waals surface area contributed by atoms with Crippen molar-refractivity contribution in [1.29, 1.82) is 0 Å². The maximum absolute atomic E-state index is 4.34. The van der Waals surface area contributed by atoms with Gasteiger partial charge in [0.1, 0.15) is 0 Å². The van der Waals surface area contributed by atoms with Crippen LogP contribution in [-0.2, 0) is 0 Å². The van der Waals surface area contributed by atoms with E-state index < -0.39 is 0 Å². The van der Waals surface area contributed by atoms with Crippen LogP contribution in [-0.4, -0.2) is 11.5 Å². The molecule has 15 heavy (non-hydrogen) atoms. The van der Waals surface area contributed by atoms with Crippen molar-refractivity contribution in [2.45, 2.75) is 13.3 Å². The van der Waals surface area contributed by atoms with Gasteiger partial charge in [0, 0.05) is 12.7 Å². The molecule has 1 heterocycles. The monoisotopic (exact) mass is 218 g/mol. The van der Waals surface area contributed by atoms with Crippen LogP contribution in [0, 0.1) is 0 Å². The molecule has 0 saturated carbocycles. The Morgan fingerprint density at radius 2 is 2.07 bits per heavy atom. The third kappa shape index (κ3) is 2.57. The number of benzene rings is 1. The molecule has 0 aliphatic heterocycles. The lowest BCUT2D eigenvalue weighted by Crippen LogP contribution is -1.97. The first-order valence-corrected chi connectivity index (χ1v) is 5.97. The van der Waals surface area contributed by atoms with Gasteiger partial charge in [-0.2, -0.15) is 0 Å². The van der Waals surface area contributed by atoms with Crippen molar-refractivity contribution in [2.75, 3.05) is 11.9 Å². The molecule has 2 rings (SSSR count). The molecule has 0 aliphatic carbocycles. The Labute approximate surface area is 94.0 Å². The molecule has 0 fully saturated rings. The van der Waals surface area contributed by atoms with Gasteiger partial charge in [0.15, 0.2) is 5.13 Å². The Morgan fingerprint density at radius 1 is 1.27 bits per heavy atom. The van der Waals surface area contributed by atoms with E-state index in [2.05, 4.69) is 29.4 Å². The highest BCUT2D eigenvalue weighted by molar-refractivity contribution is 7.18. The lowest BCUT2D eigenvalue weighted by atomic mass is 10.2. The SMILES string of the molecule is CCCNc1ncc(-c2ccccc2)s1. The van der Waals surface area contributed by atoms with Crippen LogP contribution in [0.2, 0.25) is 0 Å². The molecule has 2 nitrogen and oxygen atoms in total. The van der Waals surface area contributed by atoms with Crippen LogP contribution in [0.1, 0.15) is 13.3 Å². The Morgan fingerprint density at radius 3 is 2.80 bits per heavy atom. The lowest BCUT2D eigenvalue weighted by Gasteiger charge is -1.97. The zero-order valence-corrected chi connectivity index (χ0v) is 9.55. The normalized spacial score (nSPS) is 10.2. The van der Waals surface area contributed by atoms with Crippen molar-refractivity contribution >= 4 is 16.5 Å². The molecular formula is C12H14N2S. The van der Waals surface area contributed by atoms with Crippen molar-refractivity contribution in [3.63, 3.8) is 0 Å². The molecule has 1 N–H and O–H groups in total. The van der Waals surface area contributed by atoms with Crippen molar-refractivity contribution in [1.82, 2.24) is 4.98 Å². The van der Waals surface area contributed by atoms with Crippen LogP contribution in [0.15, 0.2) is 36.5 Å². The molecule has 0 radical (unpaired) electrons. The fraction of sp³-hybridized carbons (Fsp3) is 0.250. The van der Waals surface area contributed by atoms with E-state index in [1.807, 2.05) is 24.4 Å². The topological polar surface area (TPSA) is 24.9 Å². The summed E-state index contributed by atoms with van der Waals surface area (Å²) in [7, 11) is 0. The predicted octanol–water partition coefficient (Wildman–Crippen LogP) is 3.63. The van der Waals surface area contributed by atoms with Gasteiger partial charge in [0.25, 0.3) is 0 Å². The van der Waals surface area contributed by atoms with Crippen LogP contribution >= 0.6 is 11.3 Å². The molecular weight excluding hydrogens is 204 g/mol. The first kappa shape index (κ1) is 10.2. The second-order valence-electron chi connectivity index (χ2n) is 3.32. The first-order valence-electron chi connectivity index (χ1n) is 5.15. The minimum Gasteiger partial charge on any atom is -0.362 e. The molecule has 1 aromatic carbocycles. The molecule has 3 heteroatoms. The van der Waals surface area contributed by atoms with E-state index in [0.29, 0.717) is 0 Å². The zero-order chi connectivity index (χ0) is 10.5. The fourth-order valence-corrected chi connectivity index (χ4v) is 2.17. The molecule has 2 aromatic rings. The van der Waals surface area contributed by atoms with Gasteiger partial charge in [-0.3, -0.25) is 0 Å². The maximum Gasteiger partial charge on any atom is 0.183 e. The molecule has 1 aromatic heterocycles. The average molecular weight is 218 g/mol. The summed E-state index contributed by atoms with van der Waals surface area (Å²) in [6.45, 7) is 3.14. The highest BCUT2D eigenvalue weighted by Gasteiger charge is 2.02. The summed E-state index contributed by atoms with van der Waals surface area (Å²) < 4.78 is 0. The number of anilines is 1. The zero-order valence-electron chi connectivity index (χ0n) is 8.73. The summed E-state index contributed by atoms with van der Waals surface area (Å²) >= 11 is 1.70. The van der Waals surface area contributed by atoms with Gasteiger partial charge < -0.3 is 5.32 Å². The molecule has 0 aliphatic rings. The molecule has 0 saturated heterocycles. The third-order valence-corrected chi connectivity index (χ3v) is 3.09. The Hall–Kier alpha value is -1.35. The van der Waals surface area contributed by atoms with Crippen LogP contribution in [0.4, 0.5) is 5.13 Å². The quantitative estimate of drug-likeness (QED) is 0.847. The Bertz CT molecular complexity index is 409. The highest BCUT2D eigenvalue weighted by atomic mass is 32.1. The maximum atomic E-state index is 4.34. The Balaban J connectivity index is 2.14. The molecule has 0 amide bonds. The first-order chi connectivity index (χ1) is 7.40. The number of rotatable bonds is 4. The number of aromatic nitrogens is 1. The van der Waals surface area contributed by atoms with Crippen LogP contribution < -0.4 is 5.32 Å². The molecule has 0 atom stereocenters. The standard InChI is InChI=1S/C12H14N2S/c1-2-8-13-12-14-9-11(15-12)10-6-4-3-5-7-10/h3-7,9H,2,8H2,1H3,(H,13,14). The number of nitrogens with zero attached hydrogens (tertiary/aromatic N) is 1. The summed E-state index contributed by atoms with van der Waals surface area (Å²) in [5.74, 6) is 0. The van der Waals surface area contributed by atoms with E-state index in [4.69, 9.17) is 0 Å². The molecule has 78 valence electrons. The van der Waals surface area contributed by atoms with E-state index in [9.17, 15) is 0 Å². The number of thiazole rings is 1. The van der Waals surface area contributed by atoms with Gasteiger partial charge >= 0.3 is 0 Å². The van der Waals surface area contributed by atoms with Crippen LogP contribution in [0.3, 0.4) is 0 Å². The van der Waals surface area contributed by atoms with Gasteiger partial charge in [-0.15, -0.1) is 0 Å². The lowest BCUT2D eigenvalue weighted by molar-refractivity contribution is 0.976. The summed E-state index contributed by atoms with van der Waals surface area (Å²) in [5, 5.41) is 4.30. The predicted molar refractivity (Wildman–Crippen MR) is 66.3 cm³/mol.